The van der Waals surface area contributed by atoms with E-state index in [4.69, 9.17) is 11.2 Å². The summed E-state index contributed by atoms with van der Waals surface area (Å²) in [5.41, 5.74) is 3.09. The highest BCUT2D eigenvalue weighted by Crippen LogP contribution is 2.03. The van der Waals surface area contributed by atoms with Crippen LogP contribution in [0.25, 0.3) is 0 Å². The second-order valence-electron chi connectivity index (χ2n) is 4.15. The van der Waals surface area contributed by atoms with Crippen molar-refractivity contribution in [3.05, 3.63) is 0 Å². The minimum atomic E-state index is -1.43. The van der Waals surface area contributed by atoms with Crippen molar-refractivity contribution >= 4 is 8.07 Å². The maximum Gasteiger partial charge on any atom is 0.141 e. The van der Waals surface area contributed by atoms with E-state index >= 15 is 0 Å². The molecule has 0 aromatic rings. The van der Waals surface area contributed by atoms with Crippen LogP contribution in [0.2, 0.25) is 19.6 Å². The normalized spacial score (nSPS) is 14.9. The molecule has 2 atom stereocenters. The third kappa shape index (κ3) is 5.83. The van der Waals surface area contributed by atoms with Crippen molar-refractivity contribution in [1.29, 1.82) is 0 Å². The van der Waals surface area contributed by atoms with Gasteiger partial charge in [0.2, 0.25) is 0 Å². The van der Waals surface area contributed by atoms with E-state index in [-0.39, 0.29) is 6.10 Å². The average molecular weight is 210 g/mol. The van der Waals surface area contributed by atoms with Crippen molar-refractivity contribution in [3.8, 4) is 23.8 Å². The summed E-state index contributed by atoms with van der Waals surface area (Å²) in [6, 6.07) is 0. The zero-order valence-corrected chi connectivity index (χ0v) is 10.3. The number of rotatable bonds is 3. The number of methoxy groups -OCH3 is 1. The second kappa shape index (κ2) is 5.88. The third-order valence-corrected chi connectivity index (χ3v) is 2.46. The molecule has 0 amide bonds. The molecule has 0 rings (SSSR count). The molecule has 0 unspecified atom stereocenters. The Kier molecular flexibility index (Phi) is 5.56. The van der Waals surface area contributed by atoms with Gasteiger partial charge in [0.25, 0.3) is 0 Å². The summed E-state index contributed by atoms with van der Waals surface area (Å²) < 4.78 is 5.04. The summed E-state index contributed by atoms with van der Waals surface area (Å²) in [4.78, 5) is 0. The molecular weight excluding hydrogens is 192 g/mol. The molecule has 0 heterocycles. The Morgan fingerprint density at radius 3 is 2.36 bits per heavy atom. The fraction of sp³-hybridized carbons (Fsp3) is 0.636. The predicted octanol–water partition coefficient (Wildman–Crippen LogP) is 1.27. The minimum absolute atomic E-state index is 0.371. The van der Waals surface area contributed by atoms with Crippen LogP contribution in [0.5, 0.6) is 0 Å². The Labute approximate surface area is 87.7 Å². The largest absolute Gasteiger partial charge is 0.378 e. The molecule has 0 aromatic carbocycles. The molecule has 2 nitrogen and oxygen atoms in total. The number of terminal acetylenes is 1. The zero-order valence-electron chi connectivity index (χ0n) is 9.29. The molecule has 0 fully saturated rings. The highest BCUT2D eigenvalue weighted by molar-refractivity contribution is 6.83. The van der Waals surface area contributed by atoms with Crippen LogP contribution >= 0.6 is 0 Å². The summed E-state index contributed by atoms with van der Waals surface area (Å²) in [6.07, 6.45) is 4.38. The first kappa shape index (κ1) is 13.3. The number of hydrogen-bond acceptors (Lipinski definition) is 2. The smallest absolute Gasteiger partial charge is 0.141 e. The molecule has 0 saturated carbocycles. The lowest BCUT2D eigenvalue weighted by Crippen LogP contribution is -2.27. The van der Waals surface area contributed by atoms with Gasteiger partial charge < -0.3 is 9.84 Å². The number of hydrogen-bond donors (Lipinski definition) is 1. The Morgan fingerprint density at radius 2 is 2.00 bits per heavy atom. The average Bonchev–Trinajstić information content (AvgIpc) is 2.09. The molecule has 0 radical (unpaired) electrons. The summed E-state index contributed by atoms with van der Waals surface area (Å²) >= 11 is 0. The highest BCUT2D eigenvalue weighted by atomic mass is 28.3. The molecule has 3 heteroatoms. The molecule has 78 valence electrons. The van der Waals surface area contributed by atoms with Gasteiger partial charge in [-0.2, -0.15) is 0 Å². The minimum Gasteiger partial charge on any atom is -0.378 e. The lowest BCUT2D eigenvalue weighted by Gasteiger charge is -2.15. The van der Waals surface area contributed by atoms with Gasteiger partial charge in [0.15, 0.2) is 0 Å². The van der Waals surface area contributed by atoms with Gasteiger partial charge in [-0.15, -0.1) is 17.9 Å². The van der Waals surface area contributed by atoms with Gasteiger partial charge in [0.05, 0.1) is 0 Å². The van der Waals surface area contributed by atoms with Gasteiger partial charge in [0, 0.05) is 13.5 Å². The standard InChI is InChI=1S/C11H18O2Si/c1-6-7-11(13-2)10(12)8-9-14(3,4)5/h1,10-12H,7H2,2-5H3/t10-,11+/m0/s1. The number of aliphatic hydroxyl groups excluding tert-OH is 1. The maximum atomic E-state index is 9.63. The molecule has 14 heavy (non-hydrogen) atoms. The van der Waals surface area contributed by atoms with E-state index in [0.717, 1.165) is 0 Å². The molecule has 0 spiro atoms. The lowest BCUT2D eigenvalue weighted by molar-refractivity contribution is 0.0203. The van der Waals surface area contributed by atoms with Gasteiger partial charge in [-0.1, -0.05) is 25.6 Å². The van der Waals surface area contributed by atoms with E-state index in [1.807, 2.05) is 0 Å². The van der Waals surface area contributed by atoms with Crippen molar-refractivity contribution < 1.29 is 9.84 Å². The van der Waals surface area contributed by atoms with E-state index in [1.165, 1.54) is 7.11 Å². The Hall–Kier alpha value is -0.743. The number of aliphatic hydroxyl groups is 1. The van der Waals surface area contributed by atoms with E-state index in [1.54, 1.807) is 0 Å². The fourth-order valence-corrected chi connectivity index (χ4v) is 1.40. The van der Waals surface area contributed by atoms with Crippen molar-refractivity contribution in [2.24, 2.45) is 0 Å². The van der Waals surface area contributed by atoms with Crippen LogP contribution in [0.4, 0.5) is 0 Å². The number of ether oxygens (including phenoxy) is 1. The summed E-state index contributed by atoms with van der Waals surface area (Å²) in [5, 5.41) is 9.63. The van der Waals surface area contributed by atoms with E-state index < -0.39 is 14.2 Å². The molecule has 1 N–H and O–H groups in total. The van der Waals surface area contributed by atoms with Crippen LogP contribution < -0.4 is 0 Å². The monoisotopic (exact) mass is 210 g/mol. The zero-order chi connectivity index (χ0) is 11.2. The fourth-order valence-electron chi connectivity index (χ4n) is 0.823. The SMILES string of the molecule is C#CC[C@@H](OC)[C@@H](O)C#C[Si](C)(C)C. The summed E-state index contributed by atoms with van der Waals surface area (Å²) in [6.45, 7) is 6.36. The van der Waals surface area contributed by atoms with Crippen LogP contribution in [-0.4, -0.2) is 32.5 Å². The maximum absolute atomic E-state index is 9.63. The molecule has 0 bridgehead atoms. The summed E-state index contributed by atoms with van der Waals surface area (Å²) in [7, 11) is 0.0993. The molecule has 0 aliphatic carbocycles. The molecule has 0 aromatic heterocycles. The highest BCUT2D eigenvalue weighted by Gasteiger charge is 2.16. The topological polar surface area (TPSA) is 29.5 Å². The van der Waals surface area contributed by atoms with Gasteiger partial charge in [-0.3, -0.25) is 0 Å². The van der Waals surface area contributed by atoms with Gasteiger partial charge in [-0.25, -0.2) is 0 Å². The molecule has 0 aliphatic rings. The van der Waals surface area contributed by atoms with Crippen molar-refractivity contribution in [3.63, 3.8) is 0 Å². The first-order valence-electron chi connectivity index (χ1n) is 4.57. The van der Waals surface area contributed by atoms with Crippen LogP contribution in [0, 0.1) is 23.8 Å². The van der Waals surface area contributed by atoms with Crippen molar-refractivity contribution in [1.82, 2.24) is 0 Å². The van der Waals surface area contributed by atoms with E-state index in [2.05, 4.69) is 37.0 Å². The first-order chi connectivity index (χ1) is 6.40. The Bertz CT molecular complexity index is 262. The van der Waals surface area contributed by atoms with E-state index in [9.17, 15) is 5.11 Å². The van der Waals surface area contributed by atoms with Crippen LogP contribution in [0.15, 0.2) is 0 Å². The van der Waals surface area contributed by atoms with Gasteiger partial charge in [-0.05, 0) is 0 Å². The van der Waals surface area contributed by atoms with Gasteiger partial charge >= 0.3 is 0 Å². The first-order valence-corrected chi connectivity index (χ1v) is 8.07. The Morgan fingerprint density at radius 1 is 1.43 bits per heavy atom. The second-order valence-corrected chi connectivity index (χ2v) is 8.90. The van der Waals surface area contributed by atoms with Crippen molar-refractivity contribution in [2.45, 2.75) is 38.3 Å². The van der Waals surface area contributed by atoms with Crippen LogP contribution in [0.3, 0.4) is 0 Å². The molecule has 0 saturated heterocycles. The van der Waals surface area contributed by atoms with Crippen LogP contribution in [-0.2, 0) is 4.74 Å². The van der Waals surface area contributed by atoms with Crippen LogP contribution in [0.1, 0.15) is 6.42 Å². The summed E-state index contributed by atoms with van der Waals surface area (Å²) in [5.74, 6) is 5.26. The van der Waals surface area contributed by atoms with E-state index in [0.29, 0.717) is 6.42 Å². The molecule has 0 aliphatic heterocycles. The Balaban J connectivity index is 4.36. The third-order valence-electron chi connectivity index (χ3n) is 1.57. The molecular formula is C11H18O2Si. The quantitative estimate of drug-likeness (QED) is 0.561. The van der Waals surface area contributed by atoms with Crippen molar-refractivity contribution in [2.75, 3.05) is 7.11 Å². The van der Waals surface area contributed by atoms with Gasteiger partial charge in [0.1, 0.15) is 20.3 Å². The lowest BCUT2D eigenvalue weighted by atomic mass is 10.1. The predicted molar refractivity (Wildman–Crippen MR) is 61.4 cm³/mol.